The highest BCUT2D eigenvalue weighted by atomic mass is 32.2. The molecule has 1 aromatic heterocycles. The van der Waals surface area contributed by atoms with Crippen LogP contribution in [0.2, 0.25) is 0 Å². The Labute approximate surface area is 139 Å². The Hall–Kier alpha value is -1.89. The first-order valence-electron chi connectivity index (χ1n) is 7.45. The Morgan fingerprint density at radius 1 is 1.35 bits per heavy atom. The number of halogens is 1. The summed E-state index contributed by atoms with van der Waals surface area (Å²) in [5, 5.41) is 10.1. The molecule has 0 radical (unpaired) electrons. The van der Waals surface area contributed by atoms with Crippen molar-refractivity contribution >= 4 is 23.4 Å². The van der Waals surface area contributed by atoms with Crippen molar-refractivity contribution in [1.29, 1.82) is 0 Å². The number of hydrogen-bond acceptors (Lipinski definition) is 4. The van der Waals surface area contributed by atoms with Gasteiger partial charge >= 0.3 is 0 Å². The first kappa shape index (κ1) is 17.5. The first-order chi connectivity index (χ1) is 10.8. The fourth-order valence-electron chi connectivity index (χ4n) is 1.84. The summed E-state index contributed by atoms with van der Waals surface area (Å²) < 4.78 is 12.9. The van der Waals surface area contributed by atoms with Crippen LogP contribution < -0.4 is 5.32 Å². The molecule has 0 aliphatic carbocycles. The molecule has 0 saturated carbocycles. The third-order valence-electron chi connectivity index (χ3n) is 3.20. The Bertz CT molecular complexity index is 663. The topological polar surface area (TPSA) is 70.7 Å². The van der Waals surface area contributed by atoms with Crippen molar-refractivity contribution in [2.45, 2.75) is 49.9 Å². The quantitative estimate of drug-likeness (QED) is 0.816. The van der Waals surface area contributed by atoms with E-state index < -0.39 is 0 Å². The molecule has 2 rings (SSSR count). The largest absolute Gasteiger partial charge is 0.325 e. The smallest absolute Gasteiger partial charge is 0.237 e. The van der Waals surface area contributed by atoms with Crippen molar-refractivity contribution < 1.29 is 9.18 Å². The molecule has 1 amide bonds. The van der Waals surface area contributed by atoms with Gasteiger partial charge in [-0.1, -0.05) is 39.5 Å². The van der Waals surface area contributed by atoms with Gasteiger partial charge in [-0.05, 0) is 30.7 Å². The predicted molar refractivity (Wildman–Crippen MR) is 90.0 cm³/mol. The van der Waals surface area contributed by atoms with Crippen LogP contribution in [0.25, 0.3) is 0 Å². The predicted octanol–water partition coefficient (Wildman–Crippen LogP) is 3.75. The molecule has 5 nitrogen and oxygen atoms in total. The molecule has 0 spiro atoms. The van der Waals surface area contributed by atoms with Crippen LogP contribution in [0.3, 0.4) is 0 Å². The third kappa shape index (κ3) is 4.79. The number of anilines is 1. The summed E-state index contributed by atoms with van der Waals surface area (Å²) in [7, 11) is 0. The first-order valence-corrected chi connectivity index (χ1v) is 8.33. The maximum atomic E-state index is 12.9. The zero-order valence-corrected chi connectivity index (χ0v) is 14.5. The van der Waals surface area contributed by atoms with E-state index in [1.807, 2.05) is 27.7 Å². The van der Waals surface area contributed by atoms with Gasteiger partial charge in [0.05, 0.1) is 5.25 Å². The van der Waals surface area contributed by atoms with Crippen LogP contribution in [-0.4, -0.2) is 26.3 Å². The number of nitrogens with zero attached hydrogens (tertiary/aromatic N) is 2. The molecule has 2 N–H and O–H groups in total. The summed E-state index contributed by atoms with van der Waals surface area (Å²) in [6.07, 6.45) is 0.636. The van der Waals surface area contributed by atoms with Gasteiger partial charge in [-0.25, -0.2) is 9.37 Å². The maximum Gasteiger partial charge on any atom is 0.237 e. The van der Waals surface area contributed by atoms with Gasteiger partial charge in [0.15, 0.2) is 0 Å². The molecule has 1 heterocycles. The standard InChI is InChI=1S/C16H21FN4OS/c1-5-12(13(22)18-11-8-6-10(17)7-9-11)23-15-19-14(20-21-15)16(2,3)4/h6-9,12H,5H2,1-4H3,(H,18,22)(H,19,20,21). The van der Waals surface area contributed by atoms with E-state index in [-0.39, 0.29) is 22.4 Å². The minimum absolute atomic E-state index is 0.121. The average Bonchev–Trinajstić information content (AvgIpc) is 2.96. The minimum Gasteiger partial charge on any atom is -0.325 e. The van der Waals surface area contributed by atoms with E-state index in [0.717, 1.165) is 5.82 Å². The highest BCUT2D eigenvalue weighted by molar-refractivity contribution is 8.00. The highest BCUT2D eigenvalue weighted by Gasteiger charge is 2.23. The summed E-state index contributed by atoms with van der Waals surface area (Å²) in [6.45, 7) is 8.06. The molecule has 0 bridgehead atoms. The van der Waals surface area contributed by atoms with Gasteiger partial charge in [0.1, 0.15) is 11.6 Å². The van der Waals surface area contributed by atoms with E-state index in [9.17, 15) is 9.18 Å². The van der Waals surface area contributed by atoms with Crippen LogP contribution in [0.15, 0.2) is 29.4 Å². The molecule has 0 aliphatic heterocycles. The number of amides is 1. The molecule has 2 aromatic rings. The lowest BCUT2D eigenvalue weighted by Crippen LogP contribution is -2.24. The van der Waals surface area contributed by atoms with Crippen molar-refractivity contribution in [3.8, 4) is 0 Å². The third-order valence-corrected chi connectivity index (χ3v) is 4.42. The number of benzene rings is 1. The summed E-state index contributed by atoms with van der Waals surface area (Å²) in [6, 6.07) is 5.70. The fourth-order valence-corrected chi connectivity index (χ4v) is 2.67. The number of H-pyrrole nitrogens is 1. The van der Waals surface area contributed by atoms with Crippen LogP contribution in [0, 0.1) is 5.82 Å². The summed E-state index contributed by atoms with van der Waals surface area (Å²) in [4.78, 5) is 16.8. The molecular formula is C16H21FN4OS. The SMILES string of the molecule is CCC(Sc1n[nH]c(C(C)(C)C)n1)C(=O)Nc1ccc(F)cc1. The molecule has 23 heavy (non-hydrogen) atoms. The maximum absolute atomic E-state index is 12.9. The molecule has 1 unspecified atom stereocenters. The number of carbonyl (C=O) groups is 1. The zero-order valence-electron chi connectivity index (χ0n) is 13.7. The van der Waals surface area contributed by atoms with Crippen LogP contribution in [-0.2, 0) is 10.2 Å². The van der Waals surface area contributed by atoms with Gasteiger partial charge in [-0.3, -0.25) is 9.89 Å². The summed E-state index contributed by atoms with van der Waals surface area (Å²) in [5.41, 5.74) is 0.449. The highest BCUT2D eigenvalue weighted by Crippen LogP contribution is 2.26. The van der Waals surface area contributed by atoms with E-state index in [1.54, 1.807) is 0 Å². The Morgan fingerprint density at radius 2 is 2.00 bits per heavy atom. The van der Waals surface area contributed by atoms with Crippen LogP contribution >= 0.6 is 11.8 Å². The Balaban J connectivity index is 2.03. The number of nitrogens with one attached hydrogen (secondary N) is 2. The van der Waals surface area contributed by atoms with Gasteiger partial charge in [0.2, 0.25) is 11.1 Å². The van der Waals surface area contributed by atoms with Crippen molar-refractivity contribution in [3.05, 3.63) is 35.9 Å². The number of hydrogen-bond donors (Lipinski definition) is 2. The van der Waals surface area contributed by atoms with Crippen LogP contribution in [0.4, 0.5) is 10.1 Å². The van der Waals surface area contributed by atoms with E-state index in [4.69, 9.17) is 0 Å². The molecule has 0 aliphatic rings. The zero-order chi connectivity index (χ0) is 17.0. The van der Waals surface area contributed by atoms with Crippen molar-refractivity contribution in [3.63, 3.8) is 0 Å². The second-order valence-corrected chi connectivity index (χ2v) is 7.40. The van der Waals surface area contributed by atoms with Gasteiger partial charge in [-0.2, -0.15) is 0 Å². The van der Waals surface area contributed by atoms with Crippen molar-refractivity contribution in [1.82, 2.24) is 15.2 Å². The average molecular weight is 336 g/mol. The van der Waals surface area contributed by atoms with E-state index >= 15 is 0 Å². The van der Waals surface area contributed by atoms with E-state index in [0.29, 0.717) is 17.3 Å². The van der Waals surface area contributed by atoms with Gasteiger partial charge in [0, 0.05) is 11.1 Å². The lowest BCUT2D eigenvalue weighted by atomic mass is 9.96. The Morgan fingerprint density at radius 3 is 2.52 bits per heavy atom. The Kier molecular flexibility index (Phi) is 5.41. The van der Waals surface area contributed by atoms with Gasteiger partial charge < -0.3 is 5.32 Å². The molecular weight excluding hydrogens is 315 g/mol. The van der Waals surface area contributed by atoms with Gasteiger partial charge in [-0.15, -0.1) is 5.10 Å². The van der Waals surface area contributed by atoms with Gasteiger partial charge in [0.25, 0.3) is 0 Å². The second kappa shape index (κ2) is 7.12. The van der Waals surface area contributed by atoms with Crippen molar-refractivity contribution in [2.24, 2.45) is 0 Å². The molecule has 1 aromatic carbocycles. The lowest BCUT2D eigenvalue weighted by Gasteiger charge is -2.14. The monoisotopic (exact) mass is 336 g/mol. The number of aromatic amines is 1. The number of aromatic nitrogens is 3. The number of rotatable bonds is 5. The molecule has 124 valence electrons. The fraction of sp³-hybridized carbons (Fsp3) is 0.438. The molecule has 0 fully saturated rings. The molecule has 1 atom stereocenters. The second-order valence-electron chi connectivity index (χ2n) is 6.23. The molecule has 0 saturated heterocycles. The van der Waals surface area contributed by atoms with Crippen LogP contribution in [0.5, 0.6) is 0 Å². The number of carbonyl (C=O) groups excluding carboxylic acids is 1. The summed E-state index contributed by atoms with van der Waals surface area (Å²) in [5.74, 6) is 0.305. The van der Waals surface area contributed by atoms with E-state index in [2.05, 4.69) is 20.5 Å². The van der Waals surface area contributed by atoms with Crippen LogP contribution in [0.1, 0.15) is 39.9 Å². The lowest BCUT2D eigenvalue weighted by molar-refractivity contribution is -0.115. The summed E-state index contributed by atoms with van der Waals surface area (Å²) >= 11 is 1.32. The normalized spacial score (nSPS) is 12.9. The van der Waals surface area contributed by atoms with Crippen molar-refractivity contribution in [2.75, 3.05) is 5.32 Å². The number of thioether (sulfide) groups is 1. The molecule has 7 heteroatoms. The van der Waals surface area contributed by atoms with E-state index in [1.165, 1.54) is 36.0 Å². The minimum atomic E-state index is -0.333.